The minimum Gasteiger partial charge on any atom is -0.269 e. The van der Waals surface area contributed by atoms with E-state index in [1.165, 1.54) is 5.56 Å². The summed E-state index contributed by atoms with van der Waals surface area (Å²) in [5.41, 5.74) is 1.20. The van der Waals surface area contributed by atoms with Gasteiger partial charge in [0.2, 0.25) is 0 Å². The number of allylic oxidation sites excluding steroid dienone is 1. The predicted octanol–water partition coefficient (Wildman–Crippen LogP) is 2.83. The minimum atomic E-state index is 0.827. The molecule has 0 bridgehead atoms. The molecule has 0 unspecified atom stereocenters. The lowest BCUT2D eigenvalue weighted by molar-refractivity contribution is 1.06. The molecule has 0 saturated heterocycles. The molecule has 3 heteroatoms. The lowest BCUT2D eigenvalue weighted by Crippen LogP contribution is -1.91. The third-order valence-electron chi connectivity index (χ3n) is 1.84. The summed E-state index contributed by atoms with van der Waals surface area (Å²) in [6, 6.07) is 4.02. The number of nitrogens with zero attached hydrogens (tertiary/aromatic N) is 2. The van der Waals surface area contributed by atoms with Crippen LogP contribution in [0.1, 0.15) is 5.56 Å². The van der Waals surface area contributed by atoms with Gasteiger partial charge in [0.1, 0.15) is 5.03 Å². The molecular formula is C11H10N2S. The Morgan fingerprint density at radius 3 is 3.29 bits per heavy atom. The molecule has 2 heterocycles. The molecule has 1 aliphatic rings. The van der Waals surface area contributed by atoms with E-state index in [-0.39, 0.29) is 0 Å². The van der Waals surface area contributed by atoms with Crippen LogP contribution in [0.2, 0.25) is 0 Å². The van der Waals surface area contributed by atoms with Crippen molar-refractivity contribution in [2.45, 2.75) is 11.4 Å². The number of rotatable bonds is 0. The first-order valence-electron chi connectivity index (χ1n) is 4.35. The van der Waals surface area contributed by atoms with Crippen LogP contribution in [0.4, 0.5) is 0 Å². The summed E-state index contributed by atoms with van der Waals surface area (Å²) in [6.07, 6.45) is 8.17. The number of fused-ring (bicyclic) bond motifs is 1. The lowest BCUT2D eigenvalue weighted by atomic mass is 10.2. The number of aliphatic imine (C=N–C) groups is 1. The van der Waals surface area contributed by atoms with Crippen molar-refractivity contribution in [3.05, 3.63) is 47.7 Å². The van der Waals surface area contributed by atoms with Crippen LogP contribution in [-0.4, -0.2) is 11.2 Å². The van der Waals surface area contributed by atoms with Crippen LogP contribution in [0.15, 0.2) is 52.1 Å². The molecule has 2 nitrogen and oxygen atoms in total. The van der Waals surface area contributed by atoms with Gasteiger partial charge in [0.15, 0.2) is 0 Å². The second-order valence-electron chi connectivity index (χ2n) is 2.89. The fraction of sp³-hybridized carbons (Fsp3) is 0.0909. The fourth-order valence-electron chi connectivity index (χ4n) is 1.17. The van der Waals surface area contributed by atoms with Gasteiger partial charge in [0.25, 0.3) is 0 Å². The van der Waals surface area contributed by atoms with Crippen LogP contribution in [0.3, 0.4) is 0 Å². The third-order valence-corrected chi connectivity index (χ3v) is 2.80. The summed E-state index contributed by atoms with van der Waals surface area (Å²) in [6.45, 7) is 3.92. The SMILES string of the molecule is C=C1/C=C\N=C/Cc2cccnc2S1. The molecule has 0 atom stereocenters. The Morgan fingerprint density at radius 2 is 2.36 bits per heavy atom. The molecular weight excluding hydrogens is 192 g/mol. The highest BCUT2D eigenvalue weighted by Crippen LogP contribution is 2.27. The lowest BCUT2D eigenvalue weighted by Gasteiger charge is -2.03. The van der Waals surface area contributed by atoms with E-state index in [0.29, 0.717) is 0 Å². The van der Waals surface area contributed by atoms with Gasteiger partial charge in [-0.25, -0.2) is 4.98 Å². The van der Waals surface area contributed by atoms with E-state index in [2.05, 4.69) is 22.6 Å². The highest BCUT2D eigenvalue weighted by atomic mass is 32.2. The average molecular weight is 202 g/mol. The molecule has 0 fully saturated rings. The van der Waals surface area contributed by atoms with Crippen molar-refractivity contribution < 1.29 is 0 Å². The van der Waals surface area contributed by atoms with Gasteiger partial charge in [-0.3, -0.25) is 4.99 Å². The van der Waals surface area contributed by atoms with E-state index in [1.807, 2.05) is 18.4 Å². The zero-order chi connectivity index (χ0) is 9.80. The monoisotopic (exact) mass is 202 g/mol. The predicted molar refractivity (Wildman–Crippen MR) is 60.6 cm³/mol. The first-order valence-corrected chi connectivity index (χ1v) is 5.17. The molecule has 1 aromatic rings. The van der Waals surface area contributed by atoms with Gasteiger partial charge in [0.05, 0.1) is 0 Å². The van der Waals surface area contributed by atoms with Gasteiger partial charge < -0.3 is 0 Å². The van der Waals surface area contributed by atoms with Crippen LogP contribution < -0.4 is 0 Å². The summed E-state index contributed by atoms with van der Waals surface area (Å²) >= 11 is 1.59. The molecule has 0 N–H and O–H groups in total. The van der Waals surface area contributed by atoms with Gasteiger partial charge >= 0.3 is 0 Å². The second kappa shape index (κ2) is 4.24. The second-order valence-corrected chi connectivity index (χ2v) is 4.00. The Bertz CT molecular complexity index is 408. The van der Waals surface area contributed by atoms with Crippen molar-refractivity contribution in [2.75, 3.05) is 0 Å². The van der Waals surface area contributed by atoms with Crippen molar-refractivity contribution in [1.82, 2.24) is 4.98 Å². The average Bonchev–Trinajstić information content (AvgIpc) is 2.27. The van der Waals surface area contributed by atoms with E-state index in [4.69, 9.17) is 0 Å². The van der Waals surface area contributed by atoms with Crippen LogP contribution in [0, 0.1) is 0 Å². The third kappa shape index (κ3) is 2.12. The molecule has 14 heavy (non-hydrogen) atoms. The number of hydrogen-bond donors (Lipinski definition) is 0. The van der Waals surface area contributed by atoms with Gasteiger partial charge in [-0.15, -0.1) is 0 Å². The van der Waals surface area contributed by atoms with Crippen molar-refractivity contribution >= 4 is 18.0 Å². The van der Waals surface area contributed by atoms with E-state index < -0.39 is 0 Å². The Balaban J connectivity index is 2.39. The minimum absolute atomic E-state index is 0.827. The smallest absolute Gasteiger partial charge is 0.104 e. The number of aromatic nitrogens is 1. The number of hydrogen-bond acceptors (Lipinski definition) is 3. The quantitative estimate of drug-likeness (QED) is 0.646. The normalized spacial score (nSPS) is 20.1. The summed E-state index contributed by atoms with van der Waals surface area (Å²) in [5.74, 6) is 0. The topological polar surface area (TPSA) is 25.2 Å². The molecule has 1 aliphatic heterocycles. The molecule has 0 radical (unpaired) electrons. The van der Waals surface area contributed by atoms with Crippen molar-refractivity contribution in [1.29, 1.82) is 0 Å². The Kier molecular flexibility index (Phi) is 2.79. The van der Waals surface area contributed by atoms with Gasteiger partial charge in [-0.2, -0.15) is 0 Å². The zero-order valence-corrected chi connectivity index (χ0v) is 8.50. The first kappa shape index (κ1) is 9.21. The molecule has 0 saturated carbocycles. The number of pyridine rings is 1. The van der Waals surface area contributed by atoms with E-state index in [9.17, 15) is 0 Å². The molecule has 0 amide bonds. The summed E-state index contributed by atoms with van der Waals surface area (Å²) < 4.78 is 0. The number of thioether (sulfide) groups is 1. The van der Waals surface area contributed by atoms with Gasteiger partial charge in [-0.05, 0) is 17.7 Å². The molecule has 0 aromatic carbocycles. The highest BCUT2D eigenvalue weighted by molar-refractivity contribution is 8.03. The molecule has 1 aromatic heterocycles. The fourth-order valence-corrected chi connectivity index (χ4v) is 1.94. The summed E-state index contributed by atoms with van der Waals surface area (Å²) in [7, 11) is 0. The Hall–Kier alpha value is -1.35. The Labute approximate surface area is 87.5 Å². The highest BCUT2D eigenvalue weighted by Gasteiger charge is 2.04. The maximum Gasteiger partial charge on any atom is 0.104 e. The van der Waals surface area contributed by atoms with Crippen LogP contribution >= 0.6 is 11.8 Å². The van der Waals surface area contributed by atoms with Gasteiger partial charge in [-0.1, -0.05) is 24.4 Å². The maximum absolute atomic E-state index is 4.32. The molecule has 70 valence electrons. The van der Waals surface area contributed by atoms with Crippen molar-refractivity contribution in [3.63, 3.8) is 0 Å². The Morgan fingerprint density at radius 1 is 1.43 bits per heavy atom. The standard InChI is InChI=1S/C11H10N2S/c1-9-4-7-12-8-5-10-3-2-6-13-11(10)14-9/h2-4,6-8H,1,5H2/b7-4-,12-8-. The van der Waals surface area contributed by atoms with Crippen LogP contribution in [-0.2, 0) is 6.42 Å². The van der Waals surface area contributed by atoms with Crippen LogP contribution in [0.5, 0.6) is 0 Å². The summed E-state index contributed by atoms with van der Waals surface area (Å²) in [4.78, 5) is 9.41. The van der Waals surface area contributed by atoms with Gasteiger partial charge in [0, 0.05) is 29.9 Å². The van der Waals surface area contributed by atoms with E-state index in [1.54, 1.807) is 24.2 Å². The van der Waals surface area contributed by atoms with Crippen LogP contribution in [0.25, 0.3) is 0 Å². The van der Waals surface area contributed by atoms with E-state index in [0.717, 1.165) is 16.4 Å². The maximum atomic E-state index is 4.32. The zero-order valence-electron chi connectivity index (χ0n) is 7.68. The van der Waals surface area contributed by atoms with Crippen molar-refractivity contribution in [2.24, 2.45) is 4.99 Å². The van der Waals surface area contributed by atoms with E-state index >= 15 is 0 Å². The molecule has 2 rings (SSSR count). The summed E-state index contributed by atoms with van der Waals surface area (Å²) in [5, 5.41) is 1.02. The first-order chi connectivity index (χ1) is 6.86. The van der Waals surface area contributed by atoms with Crippen molar-refractivity contribution in [3.8, 4) is 0 Å². The largest absolute Gasteiger partial charge is 0.269 e. The molecule has 0 aliphatic carbocycles. The molecule has 0 spiro atoms.